The van der Waals surface area contributed by atoms with Crippen LogP contribution in [0.2, 0.25) is 0 Å². The van der Waals surface area contributed by atoms with Gasteiger partial charge in [0.05, 0.1) is 11.5 Å². The highest BCUT2D eigenvalue weighted by molar-refractivity contribution is 7.91. The van der Waals surface area contributed by atoms with Crippen LogP contribution in [0.4, 0.5) is 0 Å². The van der Waals surface area contributed by atoms with Gasteiger partial charge in [0.2, 0.25) is 0 Å². The van der Waals surface area contributed by atoms with E-state index in [9.17, 15) is 8.42 Å². The maximum Gasteiger partial charge on any atom is 0.153 e. The highest BCUT2D eigenvalue weighted by Crippen LogP contribution is 2.13. The molecule has 0 radical (unpaired) electrons. The number of nitrogens with zero attached hydrogens (tertiary/aromatic N) is 1. The lowest BCUT2D eigenvalue weighted by molar-refractivity contribution is 0.195. The van der Waals surface area contributed by atoms with Crippen molar-refractivity contribution in [1.82, 2.24) is 10.2 Å². The molecule has 4 nitrogen and oxygen atoms in total. The van der Waals surface area contributed by atoms with Gasteiger partial charge in [-0.05, 0) is 31.8 Å². The van der Waals surface area contributed by atoms with Gasteiger partial charge in [-0.25, -0.2) is 8.42 Å². The van der Waals surface area contributed by atoms with E-state index in [0.717, 1.165) is 19.6 Å². The third kappa shape index (κ3) is 5.67. The van der Waals surface area contributed by atoms with E-state index in [0.29, 0.717) is 29.9 Å². The van der Waals surface area contributed by atoms with Crippen LogP contribution in [0.5, 0.6) is 0 Å². The Labute approximate surface area is 112 Å². The summed E-state index contributed by atoms with van der Waals surface area (Å²) in [7, 11) is -2.79. The smallest absolute Gasteiger partial charge is 0.153 e. The predicted octanol–water partition coefficient (Wildman–Crippen LogP) is 0.987. The molecule has 1 fully saturated rings. The summed E-state index contributed by atoms with van der Waals surface area (Å²) in [6, 6.07) is 0.163. The van der Waals surface area contributed by atoms with Gasteiger partial charge in [0.15, 0.2) is 9.84 Å². The molecule has 0 aromatic heterocycles. The molecule has 1 N–H and O–H groups in total. The van der Waals surface area contributed by atoms with Crippen LogP contribution in [0.1, 0.15) is 27.7 Å². The molecule has 2 unspecified atom stereocenters. The van der Waals surface area contributed by atoms with Gasteiger partial charge in [-0.2, -0.15) is 0 Å². The molecular formula is C13H28N2O2S. The zero-order chi connectivity index (χ0) is 13.8. The second-order valence-corrected chi connectivity index (χ2v) is 8.34. The van der Waals surface area contributed by atoms with Gasteiger partial charge in [-0.15, -0.1) is 0 Å². The fourth-order valence-electron chi connectivity index (χ4n) is 2.39. The summed E-state index contributed by atoms with van der Waals surface area (Å²) < 4.78 is 23.0. The summed E-state index contributed by atoms with van der Waals surface area (Å²) in [6.07, 6.45) is 0. The zero-order valence-electron chi connectivity index (χ0n) is 12.1. The number of hydrogen-bond acceptors (Lipinski definition) is 4. The molecule has 1 aliphatic rings. The summed E-state index contributed by atoms with van der Waals surface area (Å²) in [6.45, 7) is 12.4. The quantitative estimate of drug-likeness (QED) is 0.786. The molecule has 0 aliphatic carbocycles. The number of rotatable bonds is 6. The summed E-state index contributed by atoms with van der Waals surface area (Å²) >= 11 is 0. The fourth-order valence-corrected chi connectivity index (χ4v) is 4.01. The summed E-state index contributed by atoms with van der Waals surface area (Å²) in [5.41, 5.74) is 0. The second kappa shape index (κ2) is 6.87. The molecule has 1 aliphatic heterocycles. The Bertz CT molecular complexity index is 341. The van der Waals surface area contributed by atoms with Crippen LogP contribution in [-0.2, 0) is 9.84 Å². The summed E-state index contributed by atoms with van der Waals surface area (Å²) in [4.78, 5) is 2.31. The Morgan fingerprint density at radius 2 is 1.94 bits per heavy atom. The normalized spacial score (nSPS) is 26.4. The van der Waals surface area contributed by atoms with E-state index >= 15 is 0 Å². The standard InChI is InChI=1S/C13H28N2O2S/c1-11(2)7-14-8-12(3)9-15-5-6-18(16,17)10-13(15)4/h11-14H,5-10H2,1-4H3. The maximum absolute atomic E-state index is 11.5. The Balaban J connectivity index is 2.30. The van der Waals surface area contributed by atoms with Crippen LogP contribution < -0.4 is 5.32 Å². The number of hydrogen-bond donors (Lipinski definition) is 1. The van der Waals surface area contributed by atoms with Crippen LogP contribution >= 0.6 is 0 Å². The first-order valence-corrected chi connectivity index (χ1v) is 8.77. The molecule has 1 heterocycles. The minimum Gasteiger partial charge on any atom is -0.316 e. The van der Waals surface area contributed by atoms with Crippen molar-refractivity contribution in [3.8, 4) is 0 Å². The molecule has 0 bridgehead atoms. The monoisotopic (exact) mass is 276 g/mol. The van der Waals surface area contributed by atoms with Gasteiger partial charge in [0.1, 0.15) is 0 Å². The third-order valence-electron chi connectivity index (χ3n) is 3.40. The van der Waals surface area contributed by atoms with Crippen molar-refractivity contribution in [3.05, 3.63) is 0 Å². The molecule has 1 saturated heterocycles. The summed E-state index contributed by atoms with van der Waals surface area (Å²) in [5.74, 6) is 1.88. The maximum atomic E-state index is 11.5. The molecule has 0 aromatic carbocycles. The molecule has 18 heavy (non-hydrogen) atoms. The van der Waals surface area contributed by atoms with Crippen molar-refractivity contribution < 1.29 is 8.42 Å². The average Bonchev–Trinajstić information content (AvgIpc) is 2.21. The van der Waals surface area contributed by atoms with E-state index < -0.39 is 9.84 Å². The van der Waals surface area contributed by atoms with Crippen LogP contribution in [-0.4, -0.2) is 57.0 Å². The fraction of sp³-hybridized carbons (Fsp3) is 1.00. The van der Waals surface area contributed by atoms with Gasteiger partial charge < -0.3 is 5.32 Å². The van der Waals surface area contributed by atoms with Gasteiger partial charge >= 0.3 is 0 Å². The van der Waals surface area contributed by atoms with E-state index in [-0.39, 0.29) is 6.04 Å². The van der Waals surface area contributed by atoms with Crippen molar-refractivity contribution in [3.63, 3.8) is 0 Å². The van der Waals surface area contributed by atoms with E-state index in [4.69, 9.17) is 0 Å². The Morgan fingerprint density at radius 1 is 1.28 bits per heavy atom. The van der Waals surface area contributed by atoms with Gasteiger partial charge in [-0.1, -0.05) is 20.8 Å². The minimum atomic E-state index is -2.79. The molecule has 0 aromatic rings. The highest BCUT2D eigenvalue weighted by atomic mass is 32.2. The molecule has 0 spiro atoms. The Hall–Kier alpha value is -0.130. The molecule has 0 amide bonds. The Morgan fingerprint density at radius 3 is 2.50 bits per heavy atom. The highest BCUT2D eigenvalue weighted by Gasteiger charge is 2.28. The summed E-state index contributed by atoms with van der Waals surface area (Å²) in [5, 5.41) is 3.46. The average molecular weight is 276 g/mol. The first-order valence-electron chi connectivity index (χ1n) is 6.95. The van der Waals surface area contributed by atoms with Crippen molar-refractivity contribution in [2.45, 2.75) is 33.7 Å². The van der Waals surface area contributed by atoms with Crippen molar-refractivity contribution >= 4 is 9.84 Å². The van der Waals surface area contributed by atoms with Crippen molar-refractivity contribution in [2.24, 2.45) is 11.8 Å². The van der Waals surface area contributed by atoms with Crippen LogP contribution in [0.15, 0.2) is 0 Å². The minimum absolute atomic E-state index is 0.163. The first-order chi connectivity index (χ1) is 8.30. The van der Waals surface area contributed by atoms with Crippen LogP contribution in [0, 0.1) is 11.8 Å². The molecule has 1 rings (SSSR count). The molecule has 108 valence electrons. The molecule has 5 heteroatoms. The predicted molar refractivity (Wildman–Crippen MR) is 76.6 cm³/mol. The van der Waals surface area contributed by atoms with Gasteiger partial charge in [0.25, 0.3) is 0 Å². The van der Waals surface area contributed by atoms with Crippen molar-refractivity contribution in [2.75, 3.05) is 37.7 Å². The van der Waals surface area contributed by atoms with Crippen LogP contribution in [0.3, 0.4) is 0 Å². The Kier molecular flexibility index (Phi) is 6.08. The lowest BCUT2D eigenvalue weighted by Crippen LogP contribution is -2.49. The van der Waals surface area contributed by atoms with Crippen LogP contribution in [0.25, 0.3) is 0 Å². The first kappa shape index (κ1) is 15.9. The lowest BCUT2D eigenvalue weighted by atomic mass is 10.1. The SMILES string of the molecule is CC(C)CNCC(C)CN1CCS(=O)(=O)CC1C. The van der Waals surface area contributed by atoms with E-state index in [1.165, 1.54) is 0 Å². The van der Waals surface area contributed by atoms with E-state index in [2.05, 4.69) is 31.0 Å². The van der Waals surface area contributed by atoms with Gasteiger partial charge in [0, 0.05) is 19.1 Å². The molecule has 2 atom stereocenters. The topological polar surface area (TPSA) is 49.4 Å². The molecule has 0 saturated carbocycles. The third-order valence-corrected chi connectivity index (χ3v) is 5.19. The van der Waals surface area contributed by atoms with Gasteiger partial charge in [-0.3, -0.25) is 4.90 Å². The number of nitrogens with one attached hydrogen (secondary N) is 1. The molecular weight excluding hydrogens is 248 g/mol. The second-order valence-electron chi connectivity index (χ2n) is 6.12. The van der Waals surface area contributed by atoms with E-state index in [1.807, 2.05) is 6.92 Å². The zero-order valence-corrected chi connectivity index (χ0v) is 13.0. The van der Waals surface area contributed by atoms with E-state index in [1.54, 1.807) is 0 Å². The number of sulfone groups is 1. The largest absolute Gasteiger partial charge is 0.316 e. The lowest BCUT2D eigenvalue weighted by Gasteiger charge is -2.35. The van der Waals surface area contributed by atoms with Crippen molar-refractivity contribution in [1.29, 1.82) is 0 Å².